The van der Waals surface area contributed by atoms with E-state index < -0.39 is 0 Å². The number of rotatable bonds is 0. The maximum atomic E-state index is 5.36. The SMILES string of the molecule is CC(C)(C)N=C(N)N=C(N)N. The molecule has 0 saturated heterocycles. The molecule has 0 aliphatic heterocycles. The zero-order valence-electron chi connectivity index (χ0n) is 7.13. The first-order chi connectivity index (χ1) is 4.81. The number of nitrogens with two attached hydrogens (primary N) is 3. The van der Waals surface area contributed by atoms with Crippen LogP contribution in [0, 0.1) is 0 Å². The van der Waals surface area contributed by atoms with Crippen LogP contribution >= 0.6 is 0 Å². The van der Waals surface area contributed by atoms with Crippen LogP contribution in [0.3, 0.4) is 0 Å². The third kappa shape index (κ3) is 6.63. The minimum Gasteiger partial charge on any atom is -0.370 e. The molecule has 64 valence electrons. The fourth-order valence-corrected chi connectivity index (χ4v) is 0.501. The van der Waals surface area contributed by atoms with Gasteiger partial charge in [0.1, 0.15) is 0 Å². The maximum Gasteiger partial charge on any atom is 0.219 e. The van der Waals surface area contributed by atoms with Crippen molar-refractivity contribution in [1.29, 1.82) is 0 Å². The minimum atomic E-state index is -0.247. The summed E-state index contributed by atoms with van der Waals surface area (Å²) in [5.41, 5.74) is 15.3. The van der Waals surface area contributed by atoms with E-state index in [1.54, 1.807) is 0 Å². The Bertz CT molecular complexity index is 182. The van der Waals surface area contributed by atoms with Gasteiger partial charge in [-0.05, 0) is 20.8 Å². The molecule has 5 nitrogen and oxygen atoms in total. The summed E-state index contributed by atoms with van der Waals surface area (Å²) in [6.07, 6.45) is 0. The molecular weight excluding hydrogens is 142 g/mol. The summed E-state index contributed by atoms with van der Waals surface area (Å²) < 4.78 is 0. The average molecular weight is 157 g/mol. The zero-order chi connectivity index (χ0) is 9.07. The predicted molar refractivity (Wildman–Crippen MR) is 47.2 cm³/mol. The van der Waals surface area contributed by atoms with Gasteiger partial charge in [0.05, 0.1) is 5.54 Å². The molecule has 0 fully saturated rings. The molecule has 0 rings (SSSR count). The summed E-state index contributed by atoms with van der Waals surface area (Å²) in [4.78, 5) is 7.56. The highest BCUT2D eigenvalue weighted by molar-refractivity contribution is 5.92. The molecular formula is C6H15N5. The van der Waals surface area contributed by atoms with E-state index in [-0.39, 0.29) is 17.5 Å². The van der Waals surface area contributed by atoms with Crippen molar-refractivity contribution in [3.8, 4) is 0 Å². The van der Waals surface area contributed by atoms with Gasteiger partial charge in [-0.2, -0.15) is 4.99 Å². The lowest BCUT2D eigenvalue weighted by Gasteiger charge is -2.11. The average Bonchev–Trinajstić information content (AvgIpc) is 1.53. The summed E-state index contributed by atoms with van der Waals surface area (Å²) in [6, 6.07) is 0. The smallest absolute Gasteiger partial charge is 0.219 e. The fourth-order valence-electron chi connectivity index (χ4n) is 0.501. The Labute approximate surface area is 66.4 Å². The van der Waals surface area contributed by atoms with Gasteiger partial charge in [-0.25, -0.2) is 4.99 Å². The molecule has 0 atom stereocenters. The standard InChI is InChI=1S/C6H15N5/c1-6(2,3)11-5(9)10-4(7)8/h1-3H3,(H6,7,8,9,10,11). The first-order valence-corrected chi connectivity index (χ1v) is 3.26. The number of aliphatic imine (C=N–C) groups is 2. The Hall–Kier alpha value is -1.26. The molecule has 0 saturated carbocycles. The summed E-state index contributed by atoms with van der Waals surface area (Å²) in [7, 11) is 0. The van der Waals surface area contributed by atoms with E-state index in [2.05, 4.69) is 9.98 Å². The second-order valence-corrected chi connectivity index (χ2v) is 3.18. The molecule has 11 heavy (non-hydrogen) atoms. The number of nitrogens with zero attached hydrogens (tertiary/aromatic N) is 2. The molecule has 6 N–H and O–H groups in total. The van der Waals surface area contributed by atoms with Crippen LogP contribution in [0.1, 0.15) is 20.8 Å². The quantitative estimate of drug-likeness (QED) is 0.322. The van der Waals surface area contributed by atoms with E-state index >= 15 is 0 Å². The minimum absolute atomic E-state index is 0.0736. The van der Waals surface area contributed by atoms with Crippen molar-refractivity contribution in [3.05, 3.63) is 0 Å². The molecule has 0 aromatic heterocycles. The highest BCUT2D eigenvalue weighted by atomic mass is 15.1. The normalized spacial score (nSPS) is 12.8. The van der Waals surface area contributed by atoms with Crippen LogP contribution in [0.15, 0.2) is 9.98 Å². The molecule has 0 spiro atoms. The first-order valence-electron chi connectivity index (χ1n) is 3.26. The van der Waals surface area contributed by atoms with Crippen LogP contribution in [0.5, 0.6) is 0 Å². The summed E-state index contributed by atoms with van der Waals surface area (Å²) in [5.74, 6) is 0.0352. The van der Waals surface area contributed by atoms with E-state index in [0.29, 0.717) is 0 Å². The van der Waals surface area contributed by atoms with E-state index in [1.165, 1.54) is 0 Å². The number of hydrogen-bond donors (Lipinski definition) is 3. The number of hydrogen-bond acceptors (Lipinski definition) is 1. The zero-order valence-corrected chi connectivity index (χ0v) is 7.13. The molecule has 0 aliphatic rings. The Kier molecular flexibility index (Phi) is 2.86. The lowest BCUT2D eigenvalue weighted by molar-refractivity contribution is 0.582. The lowest BCUT2D eigenvalue weighted by atomic mass is 10.1. The van der Waals surface area contributed by atoms with Crippen LogP contribution in [0.2, 0.25) is 0 Å². The molecule has 0 bridgehead atoms. The van der Waals surface area contributed by atoms with Gasteiger partial charge in [0, 0.05) is 0 Å². The van der Waals surface area contributed by atoms with Gasteiger partial charge in [-0.3, -0.25) is 0 Å². The topological polar surface area (TPSA) is 103 Å². The van der Waals surface area contributed by atoms with E-state index in [1.807, 2.05) is 20.8 Å². The lowest BCUT2D eigenvalue weighted by Crippen LogP contribution is -2.28. The Morgan fingerprint density at radius 1 is 1.09 bits per heavy atom. The van der Waals surface area contributed by atoms with Gasteiger partial charge in [-0.1, -0.05) is 0 Å². The molecule has 0 heterocycles. The monoisotopic (exact) mass is 157 g/mol. The third-order valence-electron chi connectivity index (χ3n) is 0.694. The predicted octanol–water partition coefficient (Wildman–Crippen LogP) is -0.627. The highest BCUT2D eigenvalue weighted by Crippen LogP contribution is 2.05. The van der Waals surface area contributed by atoms with Crippen LogP contribution in [0.25, 0.3) is 0 Å². The van der Waals surface area contributed by atoms with Crippen molar-refractivity contribution >= 4 is 11.9 Å². The summed E-state index contributed by atoms with van der Waals surface area (Å²) in [6.45, 7) is 5.71. The van der Waals surface area contributed by atoms with Crippen molar-refractivity contribution in [2.45, 2.75) is 26.3 Å². The molecule has 0 aromatic rings. The molecule has 0 aliphatic carbocycles. The highest BCUT2D eigenvalue weighted by Gasteiger charge is 2.07. The molecule has 5 heteroatoms. The largest absolute Gasteiger partial charge is 0.370 e. The van der Waals surface area contributed by atoms with Crippen LogP contribution in [0.4, 0.5) is 0 Å². The number of guanidine groups is 2. The second-order valence-electron chi connectivity index (χ2n) is 3.18. The van der Waals surface area contributed by atoms with Gasteiger partial charge in [0.25, 0.3) is 0 Å². The van der Waals surface area contributed by atoms with Crippen LogP contribution in [-0.2, 0) is 0 Å². The Morgan fingerprint density at radius 3 is 1.82 bits per heavy atom. The molecule has 0 unspecified atom stereocenters. The van der Waals surface area contributed by atoms with Crippen molar-refractivity contribution in [1.82, 2.24) is 0 Å². The Balaban J connectivity index is 4.36. The summed E-state index contributed by atoms with van der Waals surface area (Å²) >= 11 is 0. The van der Waals surface area contributed by atoms with Crippen LogP contribution < -0.4 is 17.2 Å². The summed E-state index contributed by atoms with van der Waals surface area (Å²) in [5, 5.41) is 0. The van der Waals surface area contributed by atoms with E-state index in [9.17, 15) is 0 Å². The maximum absolute atomic E-state index is 5.36. The second kappa shape index (κ2) is 3.23. The van der Waals surface area contributed by atoms with Gasteiger partial charge in [-0.15, -0.1) is 0 Å². The molecule has 0 aromatic carbocycles. The van der Waals surface area contributed by atoms with Crippen molar-refractivity contribution < 1.29 is 0 Å². The molecule has 0 amide bonds. The molecule has 0 radical (unpaired) electrons. The third-order valence-corrected chi connectivity index (χ3v) is 0.694. The Morgan fingerprint density at radius 2 is 1.55 bits per heavy atom. The van der Waals surface area contributed by atoms with Gasteiger partial charge >= 0.3 is 0 Å². The van der Waals surface area contributed by atoms with Crippen molar-refractivity contribution in [2.75, 3.05) is 0 Å². The van der Waals surface area contributed by atoms with Gasteiger partial charge in [0.2, 0.25) is 5.96 Å². The van der Waals surface area contributed by atoms with Crippen molar-refractivity contribution in [2.24, 2.45) is 27.2 Å². The fraction of sp³-hybridized carbons (Fsp3) is 0.667. The van der Waals surface area contributed by atoms with E-state index in [4.69, 9.17) is 17.2 Å². The van der Waals surface area contributed by atoms with Gasteiger partial charge in [0.15, 0.2) is 5.96 Å². The van der Waals surface area contributed by atoms with E-state index in [0.717, 1.165) is 0 Å². The van der Waals surface area contributed by atoms with Gasteiger partial charge < -0.3 is 17.2 Å². The van der Waals surface area contributed by atoms with Crippen LogP contribution in [-0.4, -0.2) is 17.5 Å². The van der Waals surface area contributed by atoms with Crippen molar-refractivity contribution in [3.63, 3.8) is 0 Å². The first kappa shape index (κ1) is 9.74.